The molecule has 1 aliphatic heterocycles. The smallest absolute Gasteiger partial charge is 0.314 e. The zero-order valence-corrected chi connectivity index (χ0v) is 12.0. The minimum Gasteiger partial charge on any atom is -0.469 e. The minimum atomic E-state index is -0.425. The Labute approximate surface area is 114 Å². The molecule has 0 aliphatic carbocycles. The van der Waals surface area contributed by atoms with Crippen LogP contribution in [0, 0.1) is 11.8 Å². The molecule has 0 bridgehead atoms. The number of ether oxygens (including phenoxy) is 1. The van der Waals surface area contributed by atoms with E-state index in [9.17, 15) is 9.59 Å². The van der Waals surface area contributed by atoms with Crippen molar-refractivity contribution in [2.45, 2.75) is 32.7 Å². The van der Waals surface area contributed by atoms with Gasteiger partial charge in [0.15, 0.2) is 0 Å². The van der Waals surface area contributed by atoms with Crippen molar-refractivity contribution in [3.05, 3.63) is 0 Å². The first-order chi connectivity index (χ1) is 8.92. The number of methoxy groups -OCH3 is 1. The van der Waals surface area contributed by atoms with Gasteiger partial charge >= 0.3 is 12.0 Å². The molecule has 0 radical (unpaired) electrons. The van der Waals surface area contributed by atoms with Crippen LogP contribution in [0.15, 0.2) is 0 Å². The van der Waals surface area contributed by atoms with Gasteiger partial charge in [-0.05, 0) is 24.8 Å². The van der Waals surface area contributed by atoms with E-state index >= 15 is 0 Å². The first-order valence-corrected chi connectivity index (χ1v) is 6.77. The molecule has 1 saturated heterocycles. The summed E-state index contributed by atoms with van der Waals surface area (Å²) in [5.41, 5.74) is 5.35. The molecule has 110 valence electrons. The van der Waals surface area contributed by atoms with Crippen molar-refractivity contribution in [2.75, 3.05) is 26.7 Å². The van der Waals surface area contributed by atoms with E-state index in [-0.39, 0.29) is 17.9 Å². The molecule has 1 aliphatic rings. The molecule has 0 spiro atoms. The van der Waals surface area contributed by atoms with E-state index < -0.39 is 6.03 Å². The number of hydrogen-bond donors (Lipinski definition) is 2. The second-order valence-electron chi connectivity index (χ2n) is 5.62. The Balaban J connectivity index is 2.57. The Bertz CT molecular complexity index is 320. The SMILES string of the molecule is COC(=O)CC1CC(NCC(C)C)CN(C(N)=O)C1. The number of amides is 2. The summed E-state index contributed by atoms with van der Waals surface area (Å²) < 4.78 is 4.69. The van der Waals surface area contributed by atoms with Gasteiger partial charge in [-0.25, -0.2) is 4.79 Å². The fourth-order valence-corrected chi connectivity index (χ4v) is 2.40. The van der Waals surface area contributed by atoms with Gasteiger partial charge < -0.3 is 20.7 Å². The third kappa shape index (κ3) is 5.46. The van der Waals surface area contributed by atoms with E-state index in [1.165, 1.54) is 7.11 Å². The predicted molar refractivity (Wildman–Crippen MR) is 72.5 cm³/mol. The van der Waals surface area contributed by atoms with E-state index in [2.05, 4.69) is 23.9 Å². The molecule has 6 heteroatoms. The van der Waals surface area contributed by atoms with Crippen molar-refractivity contribution < 1.29 is 14.3 Å². The third-order valence-corrected chi connectivity index (χ3v) is 3.35. The average molecular weight is 271 g/mol. The molecule has 2 amide bonds. The summed E-state index contributed by atoms with van der Waals surface area (Å²) in [6.45, 7) is 6.30. The topological polar surface area (TPSA) is 84.7 Å². The highest BCUT2D eigenvalue weighted by atomic mass is 16.5. The quantitative estimate of drug-likeness (QED) is 0.716. The highest BCUT2D eigenvalue weighted by Crippen LogP contribution is 2.20. The maximum Gasteiger partial charge on any atom is 0.314 e. The summed E-state index contributed by atoms with van der Waals surface area (Å²) in [5, 5.41) is 3.43. The largest absolute Gasteiger partial charge is 0.469 e. The molecule has 6 nitrogen and oxygen atoms in total. The van der Waals surface area contributed by atoms with Gasteiger partial charge in [-0.15, -0.1) is 0 Å². The lowest BCUT2D eigenvalue weighted by Gasteiger charge is -2.37. The van der Waals surface area contributed by atoms with Crippen LogP contribution in [0.1, 0.15) is 26.7 Å². The molecule has 2 atom stereocenters. The van der Waals surface area contributed by atoms with Crippen molar-refractivity contribution in [2.24, 2.45) is 17.6 Å². The van der Waals surface area contributed by atoms with Crippen molar-refractivity contribution in [1.29, 1.82) is 0 Å². The molecule has 2 unspecified atom stereocenters. The van der Waals surface area contributed by atoms with Gasteiger partial charge in [0.05, 0.1) is 13.5 Å². The Kier molecular flexibility index (Phi) is 6.08. The van der Waals surface area contributed by atoms with Crippen LogP contribution in [-0.4, -0.2) is 49.7 Å². The molecule has 0 aromatic carbocycles. The number of carbonyl (C=O) groups is 2. The van der Waals surface area contributed by atoms with Gasteiger partial charge in [0, 0.05) is 19.1 Å². The van der Waals surface area contributed by atoms with Crippen molar-refractivity contribution in [3.63, 3.8) is 0 Å². The number of nitrogens with two attached hydrogens (primary N) is 1. The molecular formula is C13H25N3O3. The Morgan fingerprint density at radius 1 is 1.42 bits per heavy atom. The number of hydrogen-bond acceptors (Lipinski definition) is 4. The first-order valence-electron chi connectivity index (χ1n) is 6.77. The van der Waals surface area contributed by atoms with Crippen LogP contribution in [0.3, 0.4) is 0 Å². The van der Waals surface area contributed by atoms with E-state index in [0.717, 1.165) is 13.0 Å². The average Bonchev–Trinajstić information content (AvgIpc) is 2.35. The highest BCUT2D eigenvalue weighted by Gasteiger charge is 2.30. The Morgan fingerprint density at radius 3 is 2.63 bits per heavy atom. The number of urea groups is 1. The molecule has 19 heavy (non-hydrogen) atoms. The Hall–Kier alpha value is -1.30. The van der Waals surface area contributed by atoms with Crippen molar-refractivity contribution >= 4 is 12.0 Å². The summed E-state index contributed by atoms with van der Waals surface area (Å²) in [5.74, 6) is 0.417. The second kappa shape index (κ2) is 7.33. The van der Waals surface area contributed by atoms with Crippen LogP contribution >= 0.6 is 0 Å². The summed E-state index contributed by atoms with van der Waals surface area (Å²) in [6, 6.07) is -0.232. The van der Waals surface area contributed by atoms with E-state index in [1.807, 2.05) is 0 Å². The van der Waals surface area contributed by atoms with Crippen molar-refractivity contribution in [3.8, 4) is 0 Å². The van der Waals surface area contributed by atoms with Crippen LogP contribution in [0.25, 0.3) is 0 Å². The fraction of sp³-hybridized carbons (Fsp3) is 0.846. The molecular weight excluding hydrogens is 246 g/mol. The Morgan fingerprint density at radius 2 is 2.11 bits per heavy atom. The first kappa shape index (κ1) is 15.8. The number of primary amides is 1. The van der Waals surface area contributed by atoms with Crippen molar-refractivity contribution in [1.82, 2.24) is 10.2 Å². The number of nitrogens with zero attached hydrogens (tertiary/aromatic N) is 1. The maximum absolute atomic E-state index is 11.4. The number of piperidine rings is 1. The lowest BCUT2D eigenvalue weighted by Crippen LogP contribution is -2.53. The molecule has 1 heterocycles. The number of rotatable bonds is 5. The third-order valence-electron chi connectivity index (χ3n) is 3.35. The second-order valence-corrected chi connectivity index (χ2v) is 5.62. The zero-order chi connectivity index (χ0) is 14.4. The maximum atomic E-state index is 11.4. The van der Waals surface area contributed by atoms with Crippen LogP contribution in [-0.2, 0) is 9.53 Å². The fourth-order valence-electron chi connectivity index (χ4n) is 2.40. The van der Waals surface area contributed by atoms with Gasteiger partial charge in [-0.1, -0.05) is 13.8 Å². The molecule has 1 rings (SSSR count). The standard InChI is InChI=1S/C13H25N3O3/c1-9(2)6-15-11-4-10(5-12(17)19-3)7-16(8-11)13(14)18/h9-11,15H,4-8H2,1-3H3,(H2,14,18). The van der Waals surface area contributed by atoms with Gasteiger partial charge in [0.25, 0.3) is 0 Å². The molecule has 3 N–H and O–H groups in total. The molecule has 1 fully saturated rings. The van der Waals surface area contributed by atoms with Crippen LogP contribution in [0.4, 0.5) is 4.79 Å². The monoisotopic (exact) mass is 271 g/mol. The van der Waals surface area contributed by atoms with Crippen LogP contribution < -0.4 is 11.1 Å². The molecule has 0 aromatic rings. The molecule has 0 saturated carbocycles. The van der Waals surface area contributed by atoms with Crippen LogP contribution in [0.2, 0.25) is 0 Å². The predicted octanol–water partition coefficient (Wildman–Crippen LogP) is 0.564. The van der Waals surface area contributed by atoms with Gasteiger partial charge in [0.1, 0.15) is 0 Å². The number of likely N-dealkylation sites (tertiary alicyclic amines) is 1. The van der Waals surface area contributed by atoms with Gasteiger partial charge in [-0.2, -0.15) is 0 Å². The van der Waals surface area contributed by atoms with Gasteiger partial charge in [0.2, 0.25) is 0 Å². The minimum absolute atomic E-state index is 0.110. The summed E-state index contributed by atoms with van der Waals surface area (Å²) >= 11 is 0. The van der Waals surface area contributed by atoms with E-state index in [0.29, 0.717) is 25.4 Å². The van der Waals surface area contributed by atoms with E-state index in [4.69, 9.17) is 5.73 Å². The number of nitrogens with one attached hydrogen (secondary N) is 1. The summed E-state index contributed by atoms with van der Waals surface area (Å²) in [7, 11) is 1.38. The summed E-state index contributed by atoms with van der Waals surface area (Å²) in [4.78, 5) is 24.3. The number of carbonyl (C=O) groups excluding carboxylic acids is 2. The number of esters is 1. The molecule has 0 aromatic heterocycles. The summed E-state index contributed by atoms with van der Waals surface area (Å²) in [6.07, 6.45) is 1.20. The lowest BCUT2D eigenvalue weighted by atomic mass is 9.91. The lowest BCUT2D eigenvalue weighted by molar-refractivity contribution is -0.142. The highest BCUT2D eigenvalue weighted by molar-refractivity contribution is 5.73. The van der Waals surface area contributed by atoms with Gasteiger partial charge in [-0.3, -0.25) is 4.79 Å². The normalized spacial score (nSPS) is 23.5. The van der Waals surface area contributed by atoms with Crippen LogP contribution in [0.5, 0.6) is 0 Å². The zero-order valence-electron chi connectivity index (χ0n) is 12.0. The van der Waals surface area contributed by atoms with E-state index in [1.54, 1.807) is 4.90 Å².